The largest absolute Gasteiger partial charge is 0.382 e. The van der Waals surface area contributed by atoms with E-state index in [1.165, 1.54) is 12.3 Å². The van der Waals surface area contributed by atoms with Crippen LogP contribution in [0.1, 0.15) is 31.4 Å². The highest BCUT2D eigenvalue weighted by Crippen LogP contribution is 2.16. The third-order valence-corrected chi connectivity index (χ3v) is 2.75. The Morgan fingerprint density at radius 2 is 2.16 bits per heavy atom. The molecule has 5 heteroatoms. The summed E-state index contributed by atoms with van der Waals surface area (Å²) in [5.41, 5.74) is 0.865. The van der Waals surface area contributed by atoms with Gasteiger partial charge in [0.25, 0.3) is 0 Å². The molecule has 0 amide bonds. The van der Waals surface area contributed by atoms with Crippen molar-refractivity contribution in [3.05, 3.63) is 29.8 Å². The molecule has 0 bridgehead atoms. The minimum Gasteiger partial charge on any atom is -0.382 e. The summed E-state index contributed by atoms with van der Waals surface area (Å²) in [6.45, 7) is 4.77. The van der Waals surface area contributed by atoms with Crippen LogP contribution in [0.4, 0.5) is 4.39 Å². The Balaban J connectivity index is 2.47. The van der Waals surface area contributed by atoms with E-state index < -0.39 is 0 Å². The van der Waals surface area contributed by atoms with E-state index in [2.05, 4.69) is 17.2 Å². The maximum absolute atomic E-state index is 13.2. The molecule has 4 nitrogen and oxygen atoms in total. The fourth-order valence-electron chi connectivity index (χ4n) is 1.77. The van der Waals surface area contributed by atoms with Crippen molar-refractivity contribution < 1.29 is 13.9 Å². The number of rotatable bonds is 10. The molecular weight excluding hydrogens is 247 g/mol. The van der Waals surface area contributed by atoms with Crippen LogP contribution in [-0.4, -0.2) is 38.5 Å². The fourth-order valence-corrected chi connectivity index (χ4v) is 1.77. The molecule has 1 aromatic rings. The quantitative estimate of drug-likeness (QED) is 0.663. The summed E-state index contributed by atoms with van der Waals surface area (Å²) in [5, 5.41) is 3.39. The van der Waals surface area contributed by atoms with Crippen molar-refractivity contribution in [1.82, 2.24) is 10.3 Å². The lowest BCUT2D eigenvalue weighted by molar-refractivity contribution is 0.0657. The predicted molar refractivity (Wildman–Crippen MR) is 72.5 cm³/mol. The summed E-state index contributed by atoms with van der Waals surface area (Å²) in [5.74, 6) is -0.305. The molecule has 1 aromatic heterocycles. The van der Waals surface area contributed by atoms with E-state index in [0.29, 0.717) is 19.8 Å². The monoisotopic (exact) mass is 270 g/mol. The molecule has 0 fully saturated rings. The zero-order valence-electron chi connectivity index (χ0n) is 11.7. The van der Waals surface area contributed by atoms with Crippen LogP contribution in [-0.2, 0) is 9.47 Å². The summed E-state index contributed by atoms with van der Waals surface area (Å²) in [4.78, 5) is 3.90. The fraction of sp³-hybridized carbons (Fsp3) is 0.643. The third-order valence-electron chi connectivity index (χ3n) is 2.75. The van der Waals surface area contributed by atoms with Crippen LogP contribution in [0.15, 0.2) is 18.5 Å². The SMILES string of the molecule is CCCNC(CCOCCOC)c1cncc(F)c1. The molecule has 0 radical (unpaired) electrons. The molecule has 0 aliphatic heterocycles. The first-order chi connectivity index (χ1) is 9.27. The standard InChI is InChI=1S/C14H23FN2O2/c1-3-5-17-14(4-6-19-8-7-18-2)12-9-13(15)11-16-10-12/h9-11,14,17H,3-8H2,1-2H3. The molecule has 0 saturated carbocycles. The molecule has 108 valence electrons. The van der Waals surface area contributed by atoms with Gasteiger partial charge in [0.1, 0.15) is 5.82 Å². The molecule has 1 heterocycles. The number of ether oxygens (including phenoxy) is 2. The van der Waals surface area contributed by atoms with Crippen LogP contribution < -0.4 is 5.32 Å². The summed E-state index contributed by atoms with van der Waals surface area (Å²) >= 11 is 0. The minimum absolute atomic E-state index is 0.0747. The Bertz CT molecular complexity index is 350. The number of halogens is 1. The molecular formula is C14H23FN2O2. The van der Waals surface area contributed by atoms with Gasteiger partial charge in [-0.1, -0.05) is 6.92 Å². The zero-order chi connectivity index (χ0) is 13.9. The minimum atomic E-state index is -0.305. The highest BCUT2D eigenvalue weighted by Gasteiger charge is 2.11. The van der Waals surface area contributed by atoms with Gasteiger partial charge < -0.3 is 14.8 Å². The van der Waals surface area contributed by atoms with E-state index in [0.717, 1.165) is 24.9 Å². The lowest BCUT2D eigenvalue weighted by Gasteiger charge is -2.18. The van der Waals surface area contributed by atoms with Crippen LogP contribution in [0.2, 0.25) is 0 Å². The van der Waals surface area contributed by atoms with Gasteiger partial charge in [-0.25, -0.2) is 4.39 Å². The molecule has 1 unspecified atom stereocenters. The molecule has 1 rings (SSSR count). The van der Waals surface area contributed by atoms with Crippen LogP contribution in [0.5, 0.6) is 0 Å². The van der Waals surface area contributed by atoms with Crippen LogP contribution in [0.3, 0.4) is 0 Å². The van der Waals surface area contributed by atoms with Gasteiger partial charge in [0.2, 0.25) is 0 Å². The second-order valence-corrected chi connectivity index (χ2v) is 4.34. The molecule has 1 atom stereocenters. The second kappa shape index (κ2) is 9.83. The number of aromatic nitrogens is 1. The van der Waals surface area contributed by atoms with Crippen molar-refractivity contribution >= 4 is 0 Å². The van der Waals surface area contributed by atoms with E-state index in [1.54, 1.807) is 13.3 Å². The number of hydrogen-bond donors (Lipinski definition) is 1. The van der Waals surface area contributed by atoms with Crippen molar-refractivity contribution in [1.29, 1.82) is 0 Å². The van der Waals surface area contributed by atoms with E-state index in [1.807, 2.05) is 0 Å². The molecule has 0 aliphatic carbocycles. The molecule has 0 saturated heterocycles. The highest BCUT2D eigenvalue weighted by molar-refractivity contribution is 5.15. The van der Waals surface area contributed by atoms with Gasteiger partial charge >= 0.3 is 0 Å². The molecule has 0 aromatic carbocycles. The molecule has 1 N–H and O–H groups in total. The van der Waals surface area contributed by atoms with Gasteiger partial charge in [-0.3, -0.25) is 4.98 Å². The normalized spacial score (nSPS) is 12.6. The number of nitrogens with one attached hydrogen (secondary N) is 1. The van der Waals surface area contributed by atoms with E-state index in [4.69, 9.17) is 9.47 Å². The number of hydrogen-bond acceptors (Lipinski definition) is 4. The van der Waals surface area contributed by atoms with Crippen molar-refractivity contribution in [3.63, 3.8) is 0 Å². The Kier molecular flexibility index (Phi) is 8.29. The number of pyridine rings is 1. The Labute approximate surface area is 114 Å². The van der Waals surface area contributed by atoms with Gasteiger partial charge in [-0.2, -0.15) is 0 Å². The summed E-state index contributed by atoms with van der Waals surface area (Å²) in [7, 11) is 1.65. The van der Waals surface area contributed by atoms with Crippen molar-refractivity contribution in [3.8, 4) is 0 Å². The maximum Gasteiger partial charge on any atom is 0.141 e. The average Bonchev–Trinajstić information content (AvgIpc) is 2.42. The first-order valence-corrected chi connectivity index (χ1v) is 6.68. The van der Waals surface area contributed by atoms with Gasteiger partial charge in [0, 0.05) is 26.0 Å². The Hall–Kier alpha value is -1.04. The lowest BCUT2D eigenvalue weighted by Crippen LogP contribution is -2.24. The topological polar surface area (TPSA) is 43.4 Å². The average molecular weight is 270 g/mol. The van der Waals surface area contributed by atoms with Crippen LogP contribution in [0, 0.1) is 5.82 Å². The molecule has 19 heavy (non-hydrogen) atoms. The molecule has 0 spiro atoms. The molecule has 0 aliphatic rings. The smallest absolute Gasteiger partial charge is 0.141 e. The lowest BCUT2D eigenvalue weighted by atomic mass is 10.1. The van der Waals surface area contributed by atoms with E-state index >= 15 is 0 Å². The summed E-state index contributed by atoms with van der Waals surface area (Å²) in [6.07, 6.45) is 4.74. The van der Waals surface area contributed by atoms with Gasteiger partial charge in [0.15, 0.2) is 0 Å². The van der Waals surface area contributed by atoms with E-state index in [-0.39, 0.29) is 11.9 Å². The number of methoxy groups -OCH3 is 1. The predicted octanol–water partition coefficient (Wildman–Crippen LogP) is 2.31. The number of nitrogens with zero attached hydrogens (tertiary/aromatic N) is 1. The second-order valence-electron chi connectivity index (χ2n) is 4.34. The Morgan fingerprint density at radius 3 is 2.84 bits per heavy atom. The van der Waals surface area contributed by atoms with Crippen LogP contribution >= 0.6 is 0 Å². The summed E-state index contributed by atoms with van der Waals surface area (Å²) < 4.78 is 23.6. The van der Waals surface area contributed by atoms with Crippen molar-refractivity contribution in [2.75, 3.05) is 33.5 Å². The van der Waals surface area contributed by atoms with Crippen molar-refractivity contribution in [2.24, 2.45) is 0 Å². The van der Waals surface area contributed by atoms with Gasteiger partial charge in [-0.15, -0.1) is 0 Å². The Morgan fingerprint density at radius 1 is 1.32 bits per heavy atom. The van der Waals surface area contributed by atoms with Crippen LogP contribution in [0.25, 0.3) is 0 Å². The zero-order valence-corrected chi connectivity index (χ0v) is 11.7. The first-order valence-electron chi connectivity index (χ1n) is 6.68. The van der Waals surface area contributed by atoms with E-state index in [9.17, 15) is 4.39 Å². The highest BCUT2D eigenvalue weighted by atomic mass is 19.1. The first kappa shape index (κ1) is 16.0. The third kappa shape index (κ3) is 6.61. The van der Waals surface area contributed by atoms with Gasteiger partial charge in [0.05, 0.1) is 19.4 Å². The van der Waals surface area contributed by atoms with Crippen molar-refractivity contribution in [2.45, 2.75) is 25.8 Å². The maximum atomic E-state index is 13.2. The summed E-state index contributed by atoms with van der Waals surface area (Å²) in [6, 6.07) is 1.60. The van der Waals surface area contributed by atoms with Gasteiger partial charge in [-0.05, 0) is 31.0 Å².